The van der Waals surface area contributed by atoms with Crippen molar-refractivity contribution in [2.75, 3.05) is 6.54 Å². The van der Waals surface area contributed by atoms with Crippen LogP contribution in [0.3, 0.4) is 0 Å². The van der Waals surface area contributed by atoms with Crippen molar-refractivity contribution < 1.29 is 15.0 Å². The van der Waals surface area contributed by atoms with Crippen LogP contribution in [-0.4, -0.2) is 28.3 Å². The summed E-state index contributed by atoms with van der Waals surface area (Å²) in [6.45, 7) is 4.08. The molecule has 4 nitrogen and oxygen atoms in total. The molecule has 0 rings (SSSR count). The third-order valence-corrected chi connectivity index (χ3v) is 2.81. The van der Waals surface area contributed by atoms with E-state index < -0.39 is 17.5 Å². The summed E-state index contributed by atoms with van der Waals surface area (Å²) >= 11 is 0. The smallest absolute Gasteiger partial charge is 0.306 e. The number of aliphatic carboxylic acids is 1. The van der Waals surface area contributed by atoms with Gasteiger partial charge in [-0.05, 0) is 32.2 Å². The zero-order valence-corrected chi connectivity index (χ0v) is 8.99. The van der Waals surface area contributed by atoms with Crippen LogP contribution in [0.15, 0.2) is 0 Å². The summed E-state index contributed by atoms with van der Waals surface area (Å²) in [6.07, 6.45) is 1.89. The van der Waals surface area contributed by atoms with Crippen LogP contribution in [0.5, 0.6) is 0 Å². The summed E-state index contributed by atoms with van der Waals surface area (Å²) in [4.78, 5) is 10.8. The molecule has 1 atom stereocenters. The highest BCUT2D eigenvalue weighted by Gasteiger charge is 2.29. The van der Waals surface area contributed by atoms with Crippen LogP contribution in [-0.2, 0) is 4.79 Å². The molecule has 1 unspecified atom stereocenters. The molecule has 0 aliphatic rings. The van der Waals surface area contributed by atoms with E-state index in [1.54, 1.807) is 0 Å². The maximum atomic E-state index is 10.8. The van der Waals surface area contributed by atoms with Crippen LogP contribution in [0.4, 0.5) is 0 Å². The zero-order valence-electron chi connectivity index (χ0n) is 8.99. The third-order valence-electron chi connectivity index (χ3n) is 2.81. The first kappa shape index (κ1) is 13.4. The molecule has 14 heavy (non-hydrogen) atoms. The lowest BCUT2D eigenvalue weighted by Crippen LogP contribution is -2.33. The molecule has 0 spiro atoms. The SMILES string of the molecule is CCC(O)(CC)CC(CCN)C(=O)O. The molecule has 0 heterocycles. The number of carboxylic acid groups (broad SMARTS) is 1. The van der Waals surface area contributed by atoms with Crippen LogP contribution < -0.4 is 5.73 Å². The van der Waals surface area contributed by atoms with Gasteiger partial charge in [0.05, 0.1) is 11.5 Å². The first-order valence-corrected chi connectivity index (χ1v) is 5.14. The molecule has 0 bridgehead atoms. The van der Waals surface area contributed by atoms with E-state index >= 15 is 0 Å². The monoisotopic (exact) mass is 203 g/mol. The third kappa shape index (κ3) is 4.07. The maximum absolute atomic E-state index is 10.8. The van der Waals surface area contributed by atoms with Gasteiger partial charge in [-0.25, -0.2) is 0 Å². The number of hydrogen-bond donors (Lipinski definition) is 3. The van der Waals surface area contributed by atoms with E-state index in [-0.39, 0.29) is 0 Å². The fourth-order valence-electron chi connectivity index (χ4n) is 1.51. The second-order valence-electron chi connectivity index (χ2n) is 3.75. The van der Waals surface area contributed by atoms with Crippen LogP contribution in [0, 0.1) is 5.92 Å². The van der Waals surface area contributed by atoms with Crippen molar-refractivity contribution in [1.29, 1.82) is 0 Å². The van der Waals surface area contributed by atoms with Gasteiger partial charge in [-0.2, -0.15) is 0 Å². The molecule has 0 amide bonds. The molecular weight excluding hydrogens is 182 g/mol. The van der Waals surface area contributed by atoms with Gasteiger partial charge in [0.2, 0.25) is 0 Å². The molecule has 0 saturated carbocycles. The van der Waals surface area contributed by atoms with Crippen molar-refractivity contribution in [2.45, 2.75) is 45.1 Å². The molecule has 0 aromatic heterocycles. The average molecular weight is 203 g/mol. The highest BCUT2D eigenvalue weighted by atomic mass is 16.4. The first-order chi connectivity index (χ1) is 6.49. The second kappa shape index (κ2) is 5.98. The van der Waals surface area contributed by atoms with Gasteiger partial charge < -0.3 is 15.9 Å². The van der Waals surface area contributed by atoms with Crippen LogP contribution in [0.25, 0.3) is 0 Å². The van der Waals surface area contributed by atoms with E-state index in [0.29, 0.717) is 32.2 Å². The molecule has 0 radical (unpaired) electrons. The Morgan fingerprint density at radius 1 is 1.43 bits per heavy atom. The first-order valence-electron chi connectivity index (χ1n) is 5.14. The number of nitrogens with two attached hydrogens (primary N) is 1. The highest BCUT2D eigenvalue weighted by Crippen LogP contribution is 2.25. The Morgan fingerprint density at radius 3 is 2.21 bits per heavy atom. The van der Waals surface area contributed by atoms with Gasteiger partial charge in [0.1, 0.15) is 0 Å². The summed E-state index contributed by atoms with van der Waals surface area (Å²) in [5.74, 6) is -1.39. The molecule has 0 aromatic carbocycles. The van der Waals surface area contributed by atoms with Crippen molar-refractivity contribution in [3.05, 3.63) is 0 Å². The highest BCUT2D eigenvalue weighted by molar-refractivity contribution is 5.70. The summed E-state index contributed by atoms with van der Waals surface area (Å²) in [6, 6.07) is 0. The summed E-state index contributed by atoms with van der Waals surface area (Å²) < 4.78 is 0. The standard InChI is InChI=1S/C10H21NO3/c1-3-10(14,4-2)7-8(5-6-11)9(12)13/h8,14H,3-7,11H2,1-2H3,(H,12,13). The lowest BCUT2D eigenvalue weighted by molar-refractivity contribution is -0.144. The normalized spacial score (nSPS) is 14.0. The molecule has 0 aliphatic carbocycles. The van der Waals surface area contributed by atoms with Crippen molar-refractivity contribution in [1.82, 2.24) is 0 Å². The topological polar surface area (TPSA) is 83.5 Å². The van der Waals surface area contributed by atoms with Crippen LogP contribution in [0.2, 0.25) is 0 Å². The number of carboxylic acids is 1. The van der Waals surface area contributed by atoms with E-state index in [2.05, 4.69) is 0 Å². The molecule has 0 saturated heterocycles. The molecule has 84 valence electrons. The largest absolute Gasteiger partial charge is 0.481 e. The summed E-state index contributed by atoms with van der Waals surface area (Å²) in [7, 11) is 0. The van der Waals surface area contributed by atoms with Gasteiger partial charge in [-0.15, -0.1) is 0 Å². The number of aliphatic hydroxyl groups is 1. The number of hydrogen-bond acceptors (Lipinski definition) is 3. The van der Waals surface area contributed by atoms with Gasteiger partial charge in [0.15, 0.2) is 0 Å². The number of carbonyl (C=O) groups is 1. The predicted molar refractivity (Wildman–Crippen MR) is 54.9 cm³/mol. The van der Waals surface area contributed by atoms with E-state index in [4.69, 9.17) is 10.8 Å². The van der Waals surface area contributed by atoms with Gasteiger partial charge in [-0.1, -0.05) is 13.8 Å². The Bertz CT molecular complexity index is 178. The molecule has 0 aliphatic heterocycles. The second-order valence-corrected chi connectivity index (χ2v) is 3.75. The Balaban J connectivity index is 4.33. The minimum absolute atomic E-state index is 0.298. The molecule has 4 heteroatoms. The molecule has 0 fully saturated rings. The van der Waals surface area contributed by atoms with E-state index in [1.807, 2.05) is 13.8 Å². The Morgan fingerprint density at radius 2 is 1.93 bits per heavy atom. The van der Waals surface area contributed by atoms with Crippen molar-refractivity contribution >= 4 is 5.97 Å². The van der Waals surface area contributed by atoms with Crippen molar-refractivity contribution in [3.63, 3.8) is 0 Å². The molecule has 0 aromatic rings. The minimum atomic E-state index is -0.865. The van der Waals surface area contributed by atoms with E-state index in [9.17, 15) is 9.90 Å². The van der Waals surface area contributed by atoms with Gasteiger partial charge in [0.25, 0.3) is 0 Å². The molecular formula is C10H21NO3. The zero-order chi connectivity index (χ0) is 11.2. The number of rotatable bonds is 7. The fraction of sp³-hybridized carbons (Fsp3) is 0.900. The van der Waals surface area contributed by atoms with E-state index in [1.165, 1.54) is 0 Å². The maximum Gasteiger partial charge on any atom is 0.306 e. The Kier molecular flexibility index (Phi) is 5.72. The average Bonchev–Trinajstić information content (AvgIpc) is 2.17. The summed E-state index contributed by atoms with van der Waals surface area (Å²) in [5, 5.41) is 18.9. The van der Waals surface area contributed by atoms with Crippen molar-refractivity contribution in [3.8, 4) is 0 Å². The quantitative estimate of drug-likeness (QED) is 0.576. The lowest BCUT2D eigenvalue weighted by Gasteiger charge is -2.28. The Hall–Kier alpha value is -0.610. The molecule has 4 N–H and O–H groups in total. The van der Waals surface area contributed by atoms with Crippen molar-refractivity contribution in [2.24, 2.45) is 11.7 Å². The Labute approximate surface area is 85.1 Å². The minimum Gasteiger partial charge on any atom is -0.481 e. The van der Waals surface area contributed by atoms with Gasteiger partial charge >= 0.3 is 5.97 Å². The summed E-state index contributed by atoms with van der Waals surface area (Å²) in [5.41, 5.74) is 4.48. The van der Waals surface area contributed by atoms with Gasteiger partial charge in [0, 0.05) is 0 Å². The fourth-order valence-corrected chi connectivity index (χ4v) is 1.51. The van der Waals surface area contributed by atoms with Crippen LogP contribution >= 0.6 is 0 Å². The van der Waals surface area contributed by atoms with Crippen LogP contribution in [0.1, 0.15) is 39.5 Å². The predicted octanol–water partition coefficient (Wildman–Crippen LogP) is 0.977. The van der Waals surface area contributed by atoms with E-state index in [0.717, 1.165) is 0 Å². The lowest BCUT2D eigenvalue weighted by atomic mass is 9.85. The van der Waals surface area contributed by atoms with Gasteiger partial charge in [-0.3, -0.25) is 4.79 Å².